The molecule has 0 amide bonds. The molecule has 3 nitrogen and oxygen atoms in total. The van der Waals surface area contributed by atoms with E-state index >= 15 is 0 Å². The minimum absolute atomic E-state index is 0.838. The third-order valence-corrected chi connectivity index (χ3v) is 11.3. The quantitative estimate of drug-likeness (QED) is 0.171. The Hall–Kier alpha value is -7.36. The molecule has 3 heterocycles. The zero-order chi connectivity index (χ0) is 36.0. The van der Waals surface area contributed by atoms with Gasteiger partial charge in [-0.25, -0.2) is 0 Å². The van der Waals surface area contributed by atoms with Crippen LogP contribution in [0.5, 0.6) is 0 Å². The maximum absolute atomic E-state index is 6.54. The van der Waals surface area contributed by atoms with Crippen molar-refractivity contribution in [2.24, 2.45) is 0 Å². The number of hydrogen-bond acceptors (Lipinski definition) is 3. The number of hydrogen-bond donors (Lipinski definition) is 0. The highest BCUT2D eigenvalue weighted by Gasteiger charge is 2.19. The van der Waals surface area contributed by atoms with Gasteiger partial charge in [-0.1, -0.05) is 127 Å². The Morgan fingerprint density at radius 3 is 1.53 bits per heavy atom. The molecule has 0 saturated heterocycles. The molecule has 0 unspecified atom stereocenters. The molecule has 0 fully saturated rings. The van der Waals surface area contributed by atoms with Crippen LogP contribution in [-0.4, -0.2) is 0 Å². The predicted octanol–water partition coefficient (Wildman–Crippen LogP) is 15.2. The van der Waals surface area contributed by atoms with Gasteiger partial charge in [0, 0.05) is 27.1 Å². The average molecular weight is 703 g/mol. The molecule has 0 atom stereocenters. The van der Waals surface area contributed by atoms with Crippen LogP contribution >= 0.6 is 0 Å². The summed E-state index contributed by atoms with van der Waals surface area (Å²) in [6, 6.07) is 64.6. The van der Waals surface area contributed by atoms with Crippen LogP contribution in [-0.2, 0) is 0 Å². The van der Waals surface area contributed by atoms with E-state index in [0.29, 0.717) is 0 Å². The average Bonchev–Trinajstić information content (AvgIpc) is 3.96. The Kier molecular flexibility index (Phi) is 6.34. The number of benzene rings is 9. The van der Waals surface area contributed by atoms with Gasteiger partial charge in [-0.15, -0.1) is 0 Å². The van der Waals surface area contributed by atoms with E-state index in [0.717, 1.165) is 82.9 Å². The van der Waals surface area contributed by atoms with Gasteiger partial charge < -0.3 is 13.3 Å². The van der Waals surface area contributed by atoms with E-state index in [9.17, 15) is 0 Å². The van der Waals surface area contributed by atoms with Gasteiger partial charge >= 0.3 is 0 Å². The molecular weight excluding hydrogens is 673 g/mol. The Labute approximate surface area is 315 Å². The Morgan fingerprint density at radius 1 is 0.273 bits per heavy atom. The molecule has 9 aromatic carbocycles. The first-order chi connectivity index (χ1) is 27.2. The van der Waals surface area contributed by atoms with Gasteiger partial charge in [0.15, 0.2) is 0 Å². The summed E-state index contributed by atoms with van der Waals surface area (Å²) in [4.78, 5) is 0. The lowest BCUT2D eigenvalue weighted by Gasteiger charge is -2.18. The van der Waals surface area contributed by atoms with Crippen LogP contribution in [0, 0.1) is 0 Å². The summed E-state index contributed by atoms with van der Waals surface area (Å²) in [5, 5.41) is 10.2. The molecule has 0 aliphatic carbocycles. The zero-order valence-electron chi connectivity index (χ0n) is 29.5. The monoisotopic (exact) mass is 702 g/mol. The number of para-hydroxylation sites is 2. The van der Waals surface area contributed by atoms with E-state index in [1.807, 2.05) is 36.4 Å². The van der Waals surface area contributed by atoms with Gasteiger partial charge in [-0.05, 0) is 110 Å². The maximum atomic E-state index is 6.54. The predicted molar refractivity (Wildman–Crippen MR) is 228 cm³/mol. The molecule has 0 radical (unpaired) electrons. The van der Waals surface area contributed by atoms with Crippen molar-refractivity contribution in [3.8, 4) is 44.7 Å². The van der Waals surface area contributed by atoms with Crippen molar-refractivity contribution in [3.05, 3.63) is 182 Å². The van der Waals surface area contributed by atoms with Gasteiger partial charge in [-0.2, -0.15) is 0 Å². The van der Waals surface area contributed by atoms with Crippen molar-refractivity contribution in [3.63, 3.8) is 0 Å². The summed E-state index contributed by atoms with van der Waals surface area (Å²) in [5.41, 5.74) is 12.5. The molecule has 12 aromatic rings. The van der Waals surface area contributed by atoms with Crippen LogP contribution in [0.25, 0.3) is 121 Å². The fourth-order valence-corrected chi connectivity index (χ4v) is 8.78. The second-order valence-corrected chi connectivity index (χ2v) is 14.4. The molecule has 0 aliphatic rings. The lowest BCUT2D eigenvalue weighted by atomic mass is 9.85. The molecule has 3 heteroatoms. The summed E-state index contributed by atoms with van der Waals surface area (Å²) >= 11 is 0. The van der Waals surface area contributed by atoms with Gasteiger partial charge in [0.05, 0.1) is 5.39 Å². The van der Waals surface area contributed by atoms with Crippen LogP contribution in [0.1, 0.15) is 0 Å². The second-order valence-electron chi connectivity index (χ2n) is 14.4. The maximum Gasteiger partial charge on any atom is 0.147 e. The first-order valence-electron chi connectivity index (χ1n) is 18.7. The highest BCUT2D eigenvalue weighted by Crippen LogP contribution is 2.46. The van der Waals surface area contributed by atoms with E-state index in [-0.39, 0.29) is 0 Å². The number of rotatable bonds is 4. The molecule has 0 spiro atoms. The zero-order valence-corrected chi connectivity index (χ0v) is 29.5. The van der Waals surface area contributed by atoms with Crippen LogP contribution in [0.4, 0.5) is 0 Å². The summed E-state index contributed by atoms with van der Waals surface area (Å²) in [5.74, 6) is 0.870. The van der Waals surface area contributed by atoms with E-state index in [1.54, 1.807) is 0 Å². The first-order valence-corrected chi connectivity index (χ1v) is 18.7. The van der Waals surface area contributed by atoms with E-state index in [2.05, 4.69) is 146 Å². The van der Waals surface area contributed by atoms with Crippen molar-refractivity contribution in [1.82, 2.24) is 0 Å². The largest absolute Gasteiger partial charge is 0.456 e. The molecule has 0 bridgehead atoms. The summed E-state index contributed by atoms with van der Waals surface area (Å²) in [6.45, 7) is 0. The third kappa shape index (κ3) is 4.57. The number of furan rings is 3. The molecule has 0 N–H and O–H groups in total. The molecule has 3 aromatic heterocycles. The smallest absolute Gasteiger partial charge is 0.147 e. The second kappa shape index (κ2) is 11.6. The van der Waals surface area contributed by atoms with Crippen molar-refractivity contribution in [1.29, 1.82) is 0 Å². The van der Waals surface area contributed by atoms with Crippen molar-refractivity contribution < 1.29 is 13.3 Å². The molecule has 0 aliphatic heterocycles. The lowest BCUT2D eigenvalue weighted by molar-refractivity contribution is 0.631. The summed E-state index contributed by atoms with van der Waals surface area (Å²) < 4.78 is 19.0. The Morgan fingerprint density at radius 2 is 0.818 bits per heavy atom. The normalized spacial score (nSPS) is 12.0. The molecule has 0 saturated carbocycles. The highest BCUT2D eigenvalue weighted by atomic mass is 16.3. The van der Waals surface area contributed by atoms with Crippen molar-refractivity contribution in [2.45, 2.75) is 0 Å². The first kappa shape index (κ1) is 30.1. The highest BCUT2D eigenvalue weighted by molar-refractivity contribution is 6.23. The Bertz CT molecular complexity index is 3410. The van der Waals surface area contributed by atoms with Gasteiger partial charge in [0.25, 0.3) is 0 Å². The van der Waals surface area contributed by atoms with E-state index in [1.165, 1.54) is 38.2 Å². The van der Waals surface area contributed by atoms with Crippen molar-refractivity contribution in [2.75, 3.05) is 0 Å². The standard InChI is InChI=1S/C52H30O3/c1-7-21-44-34(11-1)30-48(53-44)33-13-10-15-36(28-33)50-39-18-4-2-16-37(39)49(38-17-3-5-19-40(38)50)35-14-9-12-31(27-35)32-23-25-46-43(29-32)41-24-26-47-51(52(41)55-46)42-20-6-8-22-45(42)54-47/h1-30H. The van der Waals surface area contributed by atoms with Crippen LogP contribution < -0.4 is 0 Å². The van der Waals surface area contributed by atoms with Crippen LogP contribution in [0.15, 0.2) is 195 Å². The van der Waals surface area contributed by atoms with Crippen molar-refractivity contribution >= 4 is 76.4 Å². The molecule has 256 valence electrons. The van der Waals surface area contributed by atoms with Crippen LogP contribution in [0.3, 0.4) is 0 Å². The summed E-state index contributed by atoms with van der Waals surface area (Å²) in [7, 11) is 0. The molecule has 12 rings (SSSR count). The fraction of sp³-hybridized carbons (Fsp3) is 0. The Balaban J connectivity index is 1.02. The van der Waals surface area contributed by atoms with E-state index < -0.39 is 0 Å². The van der Waals surface area contributed by atoms with Gasteiger partial charge in [0.1, 0.15) is 33.7 Å². The third-order valence-electron chi connectivity index (χ3n) is 11.3. The molecule has 55 heavy (non-hydrogen) atoms. The lowest BCUT2D eigenvalue weighted by Crippen LogP contribution is -1.91. The van der Waals surface area contributed by atoms with Crippen LogP contribution in [0.2, 0.25) is 0 Å². The fourth-order valence-electron chi connectivity index (χ4n) is 8.78. The van der Waals surface area contributed by atoms with Gasteiger partial charge in [-0.3, -0.25) is 0 Å². The minimum Gasteiger partial charge on any atom is -0.456 e. The van der Waals surface area contributed by atoms with Gasteiger partial charge in [0.2, 0.25) is 0 Å². The summed E-state index contributed by atoms with van der Waals surface area (Å²) in [6.07, 6.45) is 0. The minimum atomic E-state index is 0.838. The van der Waals surface area contributed by atoms with E-state index in [4.69, 9.17) is 13.3 Å². The molecular formula is C52H30O3. The SMILES string of the molecule is c1cc(-c2ccc3oc4c(ccc5oc6ccccc6c54)c3c2)cc(-c2c3ccccc3c(-c3cccc(-c4cc5ccccc5o4)c3)c3ccccc23)c1. The topological polar surface area (TPSA) is 39.4 Å². The number of fused-ring (bicyclic) bond motifs is 10.